The Balaban J connectivity index is 2.02. The molecule has 0 saturated carbocycles. The van der Waals surface area contributed by atoms with Gasteiger partial charge in [0.2, 0.25) is 5.95 Å². The van der Waals surface area contributed by atoms with Crippen molar-refractivity contribution < 1.29 is 0 Å². The van der Waals surface area contributed by atoms with Crippen molar-refractivity contribution in [1.29, 1.82) is 0 Å². The minimum atomic E-state index is 0.358. The molecule has 1 N–H and O–H groups in total. The minimum absolute atomic E-state index is 0.358. The number of nitrogens with one attached hydrogen (secondary N) is 1. The number of anilines is 2. The molecule has 4 heteroatoms. The highest BCUT2D eigenvalue weighted by atomic mass is 15.3. The number of aromatic nitrogens is 2. The third-order valence-electron chi connectivity index (χ3n) is 3.96. The largest absolute Gasteiger partial charge is 0.367 e. The zero-order valence-corrected chi connectivity index (χ0v) is 13.1. The first-order valence-electron chi connectivity index (χ1n) is 7.92. The number of hydrogen-bond acceptors (Lipinski definition) is 4. The van der Waals surface area contributed by atoms with Gasteiger partial charge in [-0.1, -0.05) is 19.1 Å². The van der Waals surface area contributed by atoms with Gasteiger partial charge in [0.1, 0.15) is 5.82 Å². The van der Waals surface area contributed by atoms with Gasteiger partial charge in [-0.2, -0.15) is 4.98 Å². The average molecular weight is 284 g/mol. The molecule has 1 aliphatic heterocycles. The number of nitrogens with zero attached hydrogens (tertiary/aromatic N) is 3. The predicted octanol–water partition coefficient (Wildman–Crippen LogP) is 3.69. The third-order valence-corrected chi connectivity index (χ3v) is 3.96. The summed E-state index contributed by atoms with van der Waals surface area (Å²) in [7, 11) is 0. The van der Waals surface area contributed by atoms with E-state index < -0.39 is 0 Å². The Morgan fingerprint density at radius 2 is 2.05 bits per heavy atom. The van der Waals surface area contributed by atoms with E-state index in [1.807, 2.05) is 12.1 Å². The summed E-state index contributed by atoms with van der Waals surface area (Å²) in [5.74, 6) is 2.53. The molecule has 1 unspecified atom stereocenters. The molecular formula is C17H24N4. The fraction of sp³-hybridized carbons (Fsp3) is 0.529. The molecule has 2 aromatic rings. The van der Waals surface area contributed by atoms with E-state index in [0.717, 1.165) is 41.7 Å². The van der Waals surface area contributed by atoms with Gasteiger partial charge in [0.15, 0.2) is 0 Å². The predicted molar refractivity (Wildman–Crippen MR) is 88.9 cm³/mol. The zero-order chi connectivity index (χ0) is 14.8. The molecule has 1 fully saturated rings. The topological polar surface area (TPSA) is 41.1 Å². The second kappa shape index (κ2) is 5.88. The quantitative estimate of drug-likeness (QED) is 0.933. The van der Waals surface area contributed by atoms with Gasteiger partial charge < -0.3 is 10.2 Å². The van der Waals surface area contributed by atoms with Crippen LogP contribution in [0.25, 0.3) is 10.9 Å². The van der Waals surface area contributed by atoms with Crippen molar-refractivity contribution in [3.63, 3.8) is 0 Å². The summed E-state index contributed by atoms with van der Waals surface area (Å²) in [5.41, 5.74) is 1.02. The van der Waals surface area contributed by atoms with Gasteiger partial charge in [-0.3, -0.25) is 0 Å². The lowest BCUT2D eigenvalue weighted by Gasteiger charge is -2.31. The van der Waals surface area contributed by atoms with E-state index in [9.17, 15) is 0 Å². The number of para-hydroxylation sites is 1. The van der Waals surface area contributed by atoms with Gasteiger partial charge in [0, 0.05) is 24.5 Å². The van der Waals surface area contributed by atoms with Gasteiger partial charge in [-0.25, -0.2) is 4.98 Å². The smallest absolute Gasteiger partial charge is 0.227 e. The summed E-state index contributed by atoms with van der Waals surface area (Å²) in [6.45, 7) is 8.70. The number of rotatable bonds is 3. The summed E-state index contributed by atoms with van der Waals surface area (Å²) < 4.78 is 0. The molecular weight excluding hydrogens is 260 g/mol. The van der Waals surface area contributed by atoms with Crippen LogP contribution < -0.4 is 10.2 Å². The fourth-order valence-corrected chi connectivity index (χ4v) is 2.96. The molecule has 1 saturated heterocycles. The summed E-state index contributed by atoms with van der Waals surface area (Å²) in [5, 5.41) is 4.56. The highest BCUT2D eigenvalue weighted by Gasteiger charge is 2.20. The van der Waals surface area contributed by atoms with Crippen molar-refractivity contribution in [3.05, 3.63) is 24.3 Å². The fourth-order valence-electron chi connectivity index (χ4n) is 2.96. The van der Waals surface area contributed by atoms with Crippen LogP contribution >= 0.6 is 0 Å². The van der Waals surface area contributed by atoms with Crippen LogP contribution in [0.3, 0.4) is 0 Å². The van der Waals surface area contributed by atoms with Crippen molar-refractivity contribution in [1.82, 2.24) is 9.97 Å². The lowest BCUT2D eigenvalue weighted by atomic mass is 10.0. The number of fused-ring (bicyclic) bond motifs is 1. The summed E-state index contributed by atoms with van der Waals surface area (Å²) in [6.07, 6.45) is 2.53. The standard InChI is InChI=1S/C17H24N4/c1-12(2)18-16-14-8-4-5-9-15(14)19-17(20-16)21-10-6-7-13(3)11-21/h4-5,8-9,12-13H,6-7,10-11H2,1-3H3,(H,18,19,20). The second-order valence-corrected chi connectivity index (χ2v) is 6.38. The highest BCUT2D eigenvalue weighted by molar-refractivity contribution is 5.90. The summed E-state index contributed by atoms with van der Waals surface area (Å²) in [6, 6.07) is 8.59. The lowest BCUT2D eigenvalue weighted by Crippen LogP contribution is -2.35. The molecule has 21 heavy (non-hydrogen) atoms. The van der Waals surface area contributed by atoms with Gasteiger partial charge in [-0.05, 0) is 44.7 Å². The first-order valence-corrected chi connectivity index (χ1v) is 7.92. The van der Waals surface area contributed by atoms with Crippen LogP contribution in [0.1, 0.15) is 33.6 Å². The Morgan fingerprint density at radius 1 is 1.24 bits per heavy atom. The molecule has 3 rings (SSSR count). The van der Waals surface area contributed by atoms with Crippen LogP contribution in [0.5, 0.6) is 0 Å². The van der Waals surface area contributed by atoms with Gasteiger partial charge in [-0.15, -0.1) is 0 Å². The molecule has 1 aromatic carbocycles. The second-order valence-electron chi connectivity index (χ2n) is 6.38. The SMILES string of the molecule is CC1CCCN(c2nc(NC(C)C)c3ccccc3n2)C1. The maximum Gasteiger partial charge on any atom is 0.227 e. The van der Waals surface area contributed by atoms with Crippen LogP contribution in [0.2, 0.25) is 0 Å². The molecule has 0 aliphatic carbocycles. The van der Waals surface area contributed by atoms with Crippen molar-refractivity contribution in [2.45, 2.75) is 39.7 Å². The highest BCUT2D eigenvalue weighted by Crippen LogP contribution is 2.26. The van der Waals surface area contributed by atoms with E-state index in [-0.39, 0.29) is 0 Å². The zero-order valence-electron chi connectivity index (χ0n) is 13.1. The molecule has 2 heterocycles. The Kier molecular flexibility index (Phi) is 3.95. The maximum atomic E-state index is 4.80. The number of benzene rings is 1. The molecule has 0 spiro atoms. The van der Waals surface area contributed by atoms with Gasteiger partial charge in [0.25, 0.3) is 0 Å². The van der Waals surface area contributed by atoms with Crippen LogP contribution in [-0.2, 0) is 0 Å². The van der Waals surface area contributed by atoms with Crippen molar-refractivity contribution in [3.8, 4) is 0 Å². The lowest BCUT2D eigenvalue weighted by molar-refractivity contribution is 0.442. The monoisotopic (exact) mass is 284 g/mol. The molecule has 0 radical (unpaired) electrons. The Labute approximate surface area is 126 Å². The van der Waals surface area contributed by atoms with E-state index in [2.05, 4.69) is 43.1 Å². The molecule has 0 amide bonds. The maximum absolute atomic E-state index is 4.80. The molecule has 1 aliphatic rings. The average Bonchev–Trinajstić information content (AvgIpc) is 2.46. The van der Waals surface area contributed by atoms with Crippen LogP contribution in [0.4, 0.5) is 11.8 Å². The minimum Gasteiger partial charge on any atom is -0.367 e. The van der Waals surface area contributed by atoms with Crippen LogP contribution in [-0.4, -0.2) is 29.1 Å². The van der Waals surface area contributed by atoms with E-state index >= 15 is 0 Å². The van der Waals surface area contributed by atoms with Crippen molar-refractivity contribution >= 4 is 22.7 Å². The van der Waals surface area contributed by atoms with Crippen LogP contribution in [0.15, 0.2) is 24.3 Å². The van der Waals surface area contributed by atoms with Crippen molar-refractivity contribution in [2.24, 2.45) is 5.92 Å². The molecule has 112 valence electrons. The first kappa shape index (κ1) is 14.1. The normalized spacial score (nSPS) is 19.2. The molecule has 1 atom stereocenters. The number of piperidine rings is 1. The summed E-state index contributed by atoms with van der Waals surface area (Å²) in [4.78, 5) is 11.9. The Hall–Kier alpha value is -1.84. The van der Waals surface area contributed by atoms with Crippen LogP contribution in [0, 0.1) is 5.92 Å². The molecule has 4 nitrogen and oxygen atoms in total. The Bertz CT molecular complexity index is 623. The Morgan fingerprint density at radius 3 is 2.81 bits per heavy atom. The van der Waals surface area contributed by atoms with Crippen molar-refractivity contribution in [2.75, 3.05) is 23.3 Å². The van der Waals surface area contributed by atoms with E-state index in [0.29, 0.717) is 6.04 Å². The molecule has 0 bridgehead atoms. The molecule has 1 aromatic heterocycles. The van der Waals surface area contributed by atoms with E-state index in [4.69, 9.17) is 9.97 Å². The van der Waals surface area contributed by atoms with E-state index in [1.165, 1.54) is 12.8 Å². The first-order chi connectivity index (χ1) is 10.1. The summed E-state index contributed by atoms with van der Waals surface area (Å²) >= 11 is 0. The number of hydrogen-bond donors (Lipinski definition) is 1. The van der Waals surface area contributed by atoms with E-state index in [1.54, 1.807) is 0 Å². The third kappa shape index (κ3) is 3.09. The van der Waals surface area contributed by atoms with Gasteiger partial charge in [0.05, 0.1) is 5.52 Å². The van der Waals surface area contributed by atoms with Gasteiger partial charge >= 0.3 is 0 Å².